The molecule has 0 saturated carbocycles. The van der Waals surface area contributed by atoms with Crippen LogP contribution in [-0.2, 0) is 0 Å². The molecule has 0 saturated heterocycles. The Morgan fingerprint density at radius 2 is 1.58 bits per heavy atom. The van der Waals surface area contributed by atoms with E-state index in [9.17, 15) is 0 Å². The van der Waals surface area contributed by atoms with Crippen LogP contribution in [0.25, 0.3) is 0 Å². The topological polar surface area (TPSA) is 29.3 Å². The molecule has 2 heteroatoms. The lowest BCUT2D eigenvalue weighted by Crippen LogP contribution is -2.36. The minimum absolute atomic E-state index is 0.288. The summed E-state index contributed by atoms with van der Waals surface area (Å²) >= 11 is 0. The van der Waals surface area contributed by atoms with Crippen LogP contribution in [0, 0.1) is 26.2 Å². The van der Waals surface area contributed by atoms with Crippen molar-refractivity contribution < 1.29 is 0 Å². The number of nitrogens with zero attached hydrogens (tertiary/aromatic N) is 1. The molecular weight excluding hydrogens is 232 g/mol. The summed E-state index contributed by atoms with van der Waals surface area (Å²) in [7, 11) is 2.18. The molecular formula is C17H30N2. The summed E-state index contributed by atoms with van der Waals surface area (Å²) in [5, 5.41) is 0. The molecule has 19 heavy (non-hydrogen) atoms. The van der Waals surface area contributed by atoms with Gasteiger partial charge >= 0.3 is 0 Å². The number of likely N-dealkylation sites (N-methyl/N-ethyl adjacent to an activating group) is 1. The quantitative estimate of drug-likeness (QED) is 0.898. The zero-order valence-electron chi connectivity index (χ0n) is 13.7. The van der Waals surface area contributed by atoms with Crippen LogP contribution in [0.15, 0.2) is 12.1 Å². The van der Waals surface area contributed by atoms with Crippen molar-refractivity contribution in [2.24, 2.45) is 11.1 Å². The first-order chi connectivity index (χ1) is 8.65. The van der Waals surface area contributed by atoms with Gasteiger partial charge in [0.1, 0.15) is 0 Å². The maximum Gasteiger partial charge on any atom is 0.0470 e. The highest BCUT2D eigenvalue weighted by atomic mass is 15.1. The first-order valence-corrected chi connectivity index (χ1v) is 7.14. The number of rotatable bonds is 4. The van der Waals surface area contributed by atoms with Crippen molar-refractivity contribution in [3.63, 3.8) is 0 Å². The molecule has 0 fully saturated rings. The van der Waals surface area contributed by atoms with Gasteiger partial charge in [0.05, 0.1) is 0 Å². The molecule has 0 aliphatic carbocycles. The third-order valence-corrected chi connectivity index (χ3v) is 3.72. The van der Waals surface area contributed by atoms with Gasteiger partial charge in [-0.3, -0.25) is 4.90 Å². The Morgan fingerprint density at radius 1 is 1.05 bits per heavy atom. The fourth-order valence-electron chi connectivity index (χ4n) is 2.74. The van der Waals surface area contributed by atoms with E-state index < -0.39 is 0 Å². The lowest BCUT2D eigenvalue weighted by Gasteiger charge is -2.34. The highest BCUT2D eigenvalue weighted by Gasteiger charge is 2.22. The van der Waals surface area contributed by atoms with Crippen molar-refractivity contribution in [2.45, 2.75) is 47.6 Å². The van der Waals surface area contributed by atoms with Crippen LogP contribution in [-0.4, -0.2) is 25.0 Å². The summed E-state index contributed by atoms with van der Waals surface area (Å²) < 4.78 is 0. The van der Waals surface area contributed by atoms with Crippen LogP contribution in [0.2, 0.25) is 0 Å². The Kier molecular flexibility index (Phi) is 5.17. The minimum Gasteiger partial charge on any atom is -0.329 e. The fourth-order valence-corrected chi connectivity index (χ4v) is 2.74. The van der Waals surface area contributed by atoms with E-state index in [0.717, 1.165) is 6.54 Å². The molecule has 108 valence electrons. The minimum atomic E-state index is 0.288. The summed E-state index contributed by atoms with van der Waals surface area (Å²) in [6.07, 6.45) is 0. The van der Waals surface area contributed by atoms with Gasteiger partial charge in [0.25, 0.3) is 0 Å². The molecule has 1 aromatic rings. The van der Waals surface area contributed by atoms with Crippen molar-refractivity contribution in [1.29, 1.82) is 0 Å². The van der Waals surface area contributed by atoms with E-state index in [1.54, 1.807) is 0 Å². The van der Waals surface area contributed by atoms with Crippen molar-refractivity contribution in [2.75, 3.05) is 20.1 Å². The number of aryl methyl sites for hydroxylation is 3. The average molecular weight is 262 g/mol. The first kappa shape index (κ1) is 16.2. The lowest BCUT2D eigenvalue weighted by atomic mass is 9.92. The van der Waals surface area contributed by atoms with E-state index in [1.807, 2.05) is 0 Å². The second-order valence-electron chi connectivity index (χ2n) is 7.02. The third kappa shape index (κ3) is 4.32. The highest BCUT2D eigenvalue weighted by molar-refractivity contribution is 5.38. The smallest absolute Gasteiger partial charge is 0.0470 e. The van der Waals surface area contributed by atoms with E-state index >= 15 is 0 Å². The Morgan fingerprint density at radius 3 is 2.05 bits per heavy atom. The summed E-state index contributed by atoms with van der Waals surface area (Å²) in [6, 6.07) is 4.89. The van der Waals surface area contributed by atoms with Crippen molar-refractivity contribution in [3.05, 3.63) is 34.4 Å². The molecule has 1 aromatic carbocycles. The lowest BCUT2D eigenvalue weighted by molar-refractivity contribution is 0.175. The van der Waals surface area contributed by atoms with Gasteiger partial charge in [-0.15, -0.1) is 0 Å². The molecule has 2 nitrogen and oxygen atoms in total. The Labute approximate surface area is 119 Å². The van der Waals surface area contributed by atoms with Gasteiger partial charge in [0.2, 0.25) is 0 Å². The molecule has 0 aromatic heterocycles. The van der Waals surface area contributed by atoms with E-state index in [1.165, 1.54) is 22.3 Å². The molecule has 1 atom stereocenters. The normalized spacial score (nSPS) is 13.9. The van der Waals surface area contributed by atoms with Gasteiger partial charge in [-0.2, -0.15) is 0 Å². The van der Waals surface area contributed by atoms with Crippen LogP contribution >= 0.6 is 0 Å². The molecule has 0 radical (unpaired) electrons. The zero-order valence-corrected chi connectivity index (χ0v) is 13.7. The monoisotopic (exact) mass is 262 g/mol. The molecule has 0 bridgehead atoms. The van der Waals surface area contributed by atoms with Gasteiger partial charge in [-0.1, -0.05) is 32.9 Å². The van der Waals surface area contributed by atoms with Crippen LogP contribution in [0.5, 0.6) is 0 Å². The van der Waals surface area contributed by atoms with Crippen molar-refractivity contribution in [3.8, 4) is 0 Å². The molecule has 0 spiro atoms. The van der Waals surface area contributed by atoms with E-state index in [-0.39, 0.29) is 5.41 Å². The van der Waals surface area contributed by atoms with E-state index in [0.29, 0.717) is 12.6 Å². The highest BCUT2D eigenvalue weighted by Crippen LogP contribution is 2.27. The van der Waals surface area contributed by atoms with Crippen molar-refractivity contribution in [1.82, 2.24) is 4.90 Å². The maximum absolute atomic E-state index is 6.04. The summed E-state index contributed by atoms with van der Waals surface area (Å²) in [5.41, 5.74) is 11.8. The second kappa shape index (κ2) is 6.06. The maximum atomic E-state index is 6.04. The summed E-state index contributed by atoms with van der Waals surface area (Å²) in [4.78, 5) is 2.39. The van der Waals surface area contributed by atoms with Crippen molar-refractivity contribution >= 4 is 0 Å². The first-order valence-electron chi connectivity index (χ1n) is 7.14. The van der Waals surface area contributed by atoms with Crippen LogP contribution in [0.4, 0.5) is 0 Å². The summed E-state index contributed by atoms with van der Waals surface area (Å²) in [6.45, 7) is 15.0. The largest absolute Gasteiger partial charge is 0.329 e. The third-order valence-electron chi connectivity index (χ3n) is 3.72. The molecule has 0 amide bonds. The predicted octanol–water partition coefficient (Wildman–Crippen LogP) is 3.59. The Hall–Kier alpha value is -0.860. The van der Waals surface area contributed by atoms with Gasteiger partial charge in [-0.25, -0.2) is 0 Å². The standard InChI is InChI=1S/C17H30N2/c1-12-8-14(3)15(9-13(12)2)16(10-18)19(7)11-17(4,5)6/h8-9,16H,10-11,18H2,1-7H3. The SMILES string of the molecule is Cc1cc(C)c(C(CN)N(C)CC(C)(C)C)cc1C. The van der Waals surface area contributed by atoms with E-state index in [4.69, 9.17) is 5.73 Å². The zero-order chi connectivity index (χ0) is 14.8. The van der Waals surface area contributed by atoms with Gasteiger partial charge in [0, 0.05) is 19.1 Å². The molecule has 1 rings (SSSR count). The number of nitrogens with two attached hydrogens (primary N) is 1. The molecule has 1 unspecified atom stereocenters. The summed E-state index contributed by atoms with van der Waals surface area (Å²) in [5.74, 6) is 0. The number of hydrogen-bond donors (Lipinski definition) is 1. The van der Waals surface area contributed by atoms with Crippen LogP contribution in [0.1, 0.15) is 49.1 Å². The Balaban J connectivity index is 3.06. The molecule has 0 heterocycles. The van der Waals surface area contributed by atoms with Gasteiger partial charge in [0.15, 0.2) is 0 Å². The Bertz CT molecular complexity index is 430. The second-order valence-corrected chi connectivity index (χ2v) is 7.02. The molecule has 2 N–H and O–H groups in total. The molecule has 0 aliphatic heterocycles. The van der Waals surface area contributed by atoms with Crippen LogP contribution < -0.4 is 5.73 Å². The predicted molar refractivity (Wildman–Crippen MR) is 84.5 cm³/mol. The fraction of sp³-hybridized carbons (Fsp3) is 0.647. The number of hydrogen-bond acceptors (Lipinski definition) is 2. The van der Waals surface area contributed by atoms with E-state index in [2.05, 4.69) is 65.6 Å². The van der Waals surface area contributed by atoms with Gasteiger partial charge < -0.3 is 5.73 Å². The molecule has 0 aliphatic rings. The average Bonchev–Trinajstić information content (AvgIpc) is 2.23. The number of benzene rings is 1. The van der Waals surface area contributed by atoms with Gasteiger partial charge in [-0.05, 0) is 55.5 Å². The van der Waals surface area contributed by atoms with Crippen LogP contribution in [0.3, 0.4) is 0 Å².